The zero-order valence-corrected chi connectivity index (χ0v) is 11.2. The van der Waals surface area contributed by atoms with Crippen molar-refractivity contribution in [1.82, 2.24) is 4.90 Å². The molecule has 0 bridgehead atoms. The Kier molecular flexibility index (Phi) is 3.75. The van der Waals surface area contributed by atoms with Crippen LogP contribution in [0, 0.1) is 0 Å². The van der Waals surface area contributed by atoms with Crippen molar-refractivity contribution in [3.05, 3.63) is 23.3 Å². The van der Waals surface area contributed by atoms with Crippen LogP contribution in [0.2, 0.25) is 0 Å². The second kappa shape index (κ2) is 5.29. The van der Waals surface area contributed by atoms with Crippen LogP contribution < -0.4 is 9.47 Å². The molecule has 0 saturated carbocycles. The topological polar surface area (TPSA) is 38.8 Å². The van der Waals surface area contributed by atoms with Gasteiger partial charge in [0.25, 0.3) is 0 Å². The van der Waals surface area contributed by atoms with E-state index in [4.69, 9.17) is 9.47 Å². The summed E-state index contributed by atoms with van der Waals surface area (Å²) in [6.07, 6.45) is 1.43. The third kappa shape index (κ3) is 2.28. The van der Waals surface area contributed by atoms with Crippen LogP contribution in [-0.2, 0) is 17.8 Å². The van der Waals surface area contributed by atoms with Crippen molar-refractivity contribution in [2.75, 3.05) is 20.8 Å². The molecule has 4 heteroatoms. The van der Waals surface area contributed by atoms with Crippen molar-refractivity contribution in [3.63, 3.8) is 0 Å². The van der Waals surface area contributed by atoms with E-state index in [1.54, 1.807) is 14.2 Å². The molecule has 18 heavy (non-hydrogen) atoms. The third-order valence-electron chi connectivity index (χ3n) is 3.37. The highest BCUT2D eigenvalue weighted by Gasteiger charge is 2.21. The summed E-state index contributed by atoms with van der Waals surface area (Å²) < 4.78 is 10.6. The van der Waals surface area contributed by atoms with E-state index >= 15 is 0 Å². The van der Waals surface area contributed by atoms with Crippen LogP contribution in [0.15, 0.2) is 12.1 Å². The smallest absolute Gasteiger partial charge is 0.222 e. The number of carbonyl (C=O) groups is 1. The first kappa shape index (κ1) is 12.7. The van der Waals surface area contributed by atoms with Gasteiger partial charge >= 0.3 is 0 Å². The molecular weight excluding hydrogens is 230 g/mol. The predicted octanol–water partition coefficient (Wildman–Crippen LogP) is 2.00. The van der Waals surface area contributed by atoms with Crippen LogP contribution in [-0.4, -0.2) is 31.6 Å². The standard InChI is InChI=1S/C14H19NO3/c1-4-14(16)15-6-5-10-7-12(17-2)13(18-3)8-11(10)9-15/h7-8H,4-6,9H2,1-3H3. The molecule has 0 aromatic heterocycles. The number of benzene rings is 1. The van der Waals surface area contributed by atoms with E-state index in [0.29, 0.717) is 13.0 Å². The summed E-state index contributed by atoms with van der Waals surface area (Å²) >= 11 is 0. The number of hydrogen-bond donors (Lipinski definition) is 0. The average molecular weight is 249 g/mol. The monoisotopic (exact) mass is 249 g/mol. The van der Waals surface area contributed by atoms with Crippen LogP contribution in [0.4, 0.5) is 0 Å². The maximum Gasteiger partial charge on any atom is 0.222 e. The first-order valence-corrected chi connectivity index (χ1v) is 6.21. The summed E-state index contributed by atoms with van der Waals surface area (Å²) in [7, 11) is 3.27. The molecule has 0 aliphatic carbocycles. The summed E-state index contributed by atoms with van der Waals surface area (Å²) in [6.45, 7) is 3.35. The number of fused-ring (bicyclic) bond motifs is 1. The van der Waals surface area contributed by atoms with Gasteiger partial charge in [0.2, 0.25) is 5.91 Å². The number of amides is 1. The van der Waals surface area contributed by atoms with Gasteiger partial charge in [-0.05, 0) is 29.7 Å². The Morgan fingerprint density at radius 3 is 2.39 bits per heavy atom. The minimum absolute atomic E-state index is 0.204. The summed E-state index contributed by atoms with van der Waals surface area (Å²) in [5.41, 5.74) is 2.40. The van der Waals surface area contributed by atoms with Crippen molar-refractivity contribution < 1.29 is 14.3 Å². The van der Waals surface area contributed by atoms with Crippen molar-refractivity contribution in [1.29, 1.82) is 0 Å². The van der Waals surface area contributed by atoms with Gasteiger partial charge in [0.1, 0.15) is 0 Å². The Labute approximate surface area is 107 Å². The molecule has 1 amide bonds. The molecule has 4 nitrogen and oxygen atoms in total. The number of nitrogens with zero attached hydrogens (tertiary/aromatic N) is 1. The summed E-state index contributed by atoms with van der Waals surface area (Å²) in [5.74, 6) is 1.68. The molecule has 0 radical (unpaired) electrons. The van der Waals surface area contributed by atoms with Crippen LogP contribution in [0.1, 0.15) is 24.5 Å². The van der Waals surface area contributed by atoms with Gasteiger partial charge in [0, 0.05) is 19.5 Å². The summed E-state index contributed by atoms with van der Waals surface area (Å²) in [5, 5.41) is 0. The van der Waals surface area contributed by atoms with E-state index in [1.807, 2.05) is 24.0 Å². The highest BCUT2D eigenvalue weighted by molar-refractivity contribution is 5.76. The molecule has 1 aliphatic rings. The molecular formula is C14H19NO3. The molecule has 98 valence electrons. The highest BCUT2D eigenvalue weighted by Crippen LogP contribution is 2.33. The van der Waals surface area contributed by atoms with Gasteiger partial charge in [-0.25, -0.2) is 0 Å². The first-order valence-electron chi connectivity index (χ1n) is 6.21. The van der Waals surface area contributed by atoms with Crippen molar-refractivity contribution in [2.45, 2.75) is 26.3 Å². The van der Waals surface area contributed by atoms with Gasteiger partial charge in [0.05, 0.1) is 14.2 Å². The van der Waals surface area contributed by atoms with E-state index < -0.39 is 0 Å². The molecule has 0 saturated heterocycles. The molecule has 1 heterocycles. The molecule has 2 rings (SSSR count). The van der Waals surface area contributed by atoms with Crippen molar-refractivity contribution in [2.24, 2.45) is 0 Å². The summed E-state index contributed by atoms with van der Waals surface area (Å²) in [6, 6.07) is 3.99. The molecule has 1 aliphatic heterocycles. The SMILES string of the molecule is CCC(=O)N1CCc2cc(OC)c(OC)cc2C1. The normalized spacial score (nSPS) is 14.1. The molecule has 1 aromatic rings. The lowest BCUT2D eigenvalue weighted by Crippen LogP contribution is -2.35. The van der Waals surface area contributed by atoms with Crippen molar-refractivity contribution in [3.8, 4) is 11.5 Å². The van der Waals surface area contributed by atoms with Gasteiger partial charge < -0.3 is 14.4 Å². The van der Waals surface area contributed by atoms with Crippen LogP contribution >= 0.6 is 0 Å². The fraction of sp³-hybridized carbons (Fsp3) is 0.500. The zero-order valence-electron chi connectivity index (χ0n) is 11.2. The lowest BCUT2D eigenvalue weighted by molar-refractivity contribution is -0.131. The van der Waals surface area contributed by atoms with Gasteiger partial charge in [-0.1, -0.05) is 6.92 Å². The Balaban J connectivity index is 2.29. The van der Waals surface area contributed by atoms with Gasteiger partial charge in [-0.3, -0.25) is 4.79 Å². The van der Waals surface area contributed by atoms with E-state index in [1.165, 1.54) is 5.56 Å². The number of ether oxygens (including phenoxy) is 2. The first-order chi connectivity index (χ1) is 8.69. The second-order valence-corrected chi connectivity index (χ2v) is 4.39. The van der Waals surface area contributed by atoms with Crippen LogP contribution in [0.5, 0.6) is 11.5 Å². The van der Waals surface area contributed by atoms with Crippen LogP contribution in [0.3, 0.4) is 0 Å². The van der Waals surface area contributed by atoms with Crippen molar-refractivity contribution >= 4 is 5.91 Å². The maximum atomic E-state index is 11.7. The Morgan fingerprint density at radius 2 is 1.83 bits per heavy atom. The van der Waals surface area contributed by atoms with E-state index in [0.717, 1.165) is 30.0 Å². The number of rotatable bonds is 3. The van der Waals surface area contributed by atoms with Gasteiger partial charge in [0.15, 0.2) is 11.5 Å². The van der Waals surface area contributed by atoms with E-state index in [2.05, 4.69) is 0 Å². The largest absolute Gasteiger partial charge is 0.493 e. The lowest BCUT2D eigenvalue weighted by atomic mass is 9.98. The molecule has 0 fully saturated rings. The second-order valence-electron chi connectivity index (χ2n) is 4.39. The summed E-state index contributed by atoms with van der Waals surface area (Å²) in [4.78, 5) is 13.6. The van der Waals surface area contributed by atoms with Gasteiger partial charge in [-0.2, -0.15) is 0 Å². The Hall–Kier alpha value is -1.71. The molecule has 0 spiro atoms. The molecule has 0 N–H and O–H groups in total. The molecule has 1 aromatic carbocycles. The quantitative estimate of drug-likeness (QED) is 0.822. The van der Waals surface area contributed by atoms with E-state index in [-0.39, 0.29) is 5.91 Å². The van der Waals surface area contributed by atoms with E-state index in [9.17, 15) is 4.79 Å². The fourth-order valence-corrected chi connectivity index (χ4v) is 2.32. The highest BCUT2D eigenvalue weighted by atomic mass is 16.5. The number of methoxy groups -OCH3 is 2. The number of carbonyl (C=O) groups excluding carboxylic acids is 1. The van der Waals surface area contributed by atoms with Gasteiger partial charge in [-0.15, -0.1) is 0 Å². The third-order valence-corrected chi connectivity index (χ3v) is 3.37. The molecule has 0 unspecified atom stereocenters. The Bertz CT molecular complexity index is 457. The maximum absolute atomic E-state index is 11.7. The predicted molar refractivity (Wildman–Crippen MR) is 69.0 cm³/mol. The van der Waals surface area contributed by atoms with Crippen LogP contribution in [0.25, 0.3) is 0 Å². The zero-order chi connectivity index (χ0) is 13.1. The fourth-order valence-electron chi connectivity index (χ4n) is 2.32. The number of hydrogen-bond acceptors (Lipinski definition) is 3. The Morgan fingerprint density at radius 1 is 1.22 bits per heavy atom. The molecule has 0 atom stereocenters. The average Bonchev–Trinajstić information content (AvgIpc) is 2.44. The minimum atomic E-state index is 0.204. The lowest BCUT2D eigenvalue weighted by Gasteiger charge is -2.29. The minimum Gasteiger partial charge on any atom is -0.493 e.